The van der Waals surface area contributed by atoms with Gasteiger partial charge in [0.2, 0.25) is 5.88 Å². The van der Waals surface area contributed by atoms with Crippen molar-refractivity contribution in [3.63, 3.8) is 0 Å². The number of halogens is 2. The lowest BCUT2D eigenvalue weighted by molar-refractivity contribution is 0.399. The summed E-state index contributed by atoms with van der Waals surface area (Å²) in [5.41, 5.74) is 0.772. The third kappa shape index (κ3) is 1.86. The van der Waals surface area contributed by atoms with Gasteiger partial charge in [0, 0.05) is 23.4 Å². The topological polar surface area (TPSA) is 22.1 Å². The van der Waals surface area contributed by atoms with E-state index in [1.54, 1.807) is 18.3 Å². The quantitative estimate of drug-likeness (QED) is 0.777. The van der Waals surface area contributed by atoms with Crippen molar-refractivity contribution in [1.29, 1.82) is 0 Å². The minimum Gasteiger partial charge on any atom is -0.481 e. The Kier molecular flexibility index (Phi) is 2.81. The van der Waals surface area contributed by atoms with E-state index in [-0.39, 0.29) is 5.56 Å². The molecule has 0 aliphatic heterocycles. The molecular weight excluding hydrogens is 212 g/mol. The molecule has 82 valence electrons. The Labute approximate surface area is 91.5 Å². The Morgan fingerprint density at radius 3 is 2.62 bits per heavy atom. The lowest BCUT2D eigenvalue weighted by Gasteiger charge is -2.07. The van der Waals surface area contributed by atoms with E-state index in [1.807, 2.05) is 0 Å². The fourth-order valence-electron chi connectivity index (χ4n) is 1.47. The van der Waals surface area contributed by atoms with Crippen LogP contribution in [0.25, 0.3) is 11.1 Å². The molecule has 1 aromatic carbocycles. The van der Waals surface area contributed by atoms with Crippen LogP contribution in [0.2, 0.25) is 0 Å². The number of rotatable bonds is 2. The van der Waals surface area contributed by atoms with Crippen molar-refractivity contribution in [2.75, 3.05) is 7.11 Å². The second kappa shape index (κ2) is 4.26. The SMILES string of the molecule is COc1ncccc1-c1ccc(F)cc1F. The predicted molar refractivity (Wildman–Crippen MR) is 56.1 cm³/mol. The Morgan fingerprint density at radius 2 is 1.94 bits per heavy atom. The minimum absolute atomic E-state index is 0.270. The van der Waals surface area contributed by atoms with Gasteiger partial charge in [-0.1, -0.05) is 0 Å². The molecule has 0 aliphatic carbocycles. The molecule has 0 unspecified atom stereocenters. The molecule has 2 nitrogen and oxygen atoms in total. The highest BCUT2D eigenvalue weighted by Gasteiger charge is 2.11. The van der Waals surface area contributed by atoms with E-state index in [9.17, 15) is 8.78 Å². The van der Waals surface area contributed by atoms with Gasteiger partial charge in [0.05, 0.1) is 7.11 Å². The van der Waals surface area contributed by atoms with Crippen molar-refractivity contribution in [1.82, 2.24) is 4.98 Å². The van der Waals surface area contributed by atoms with E-state index in [0.717, 1.165) is 6.07 Å². The van der Waals surface area contributed by atoms with E-state index in [4.69, 9.17) is 4.74 Å². The molecule has 0 spiro atoms. The molecule has 0 radical (unpaired) electrons. The number of hydrogen-bond acceptors (Lipinski definition) is 2. The number of hydrogen-bond donors (Lipinski definition) is 0. The van der Waals surface area contributed by atoms with Gasteiger partial charge in [-0.25, -0.2) is 13.8 Å². The maximum atomic E-state index is 13.5. The predicted octanol–water partition coefficient (Wildman–Crippen LogP) is 3.04. The van der Waals surface area contributed by atoms with E-state index in [1.165, 1.54) is 19.2 Å². The molecular formula is C12H9F2NO. The molecule has 0 fully saturated rings. The summed E-state index contributed by atoms with van der Waals surface area (Å²) < 4.78 is 31.3. The van der Waals surface area contributed by atoms with Gasteiger partial charge in [-0.2, -0.15) is 0 Å². The zero-order chi connectivity index (χ0) is 11.5. The van der Waals surface area contributed by atoms with Gasteiger partial charge < -0.3 is 4.74 Å². The minimum atomic E-state index is -0.633. The van der Waals surface area contributed by atoms with Crippen LogP contribution in [0.3, 0.4) is 0 Å². The van der Waals surface area contributed by atoms with Crippen LogP contribution in [0.5, 0.6) is 5.88 Å². The number of ether oxygens (including phenoxy) is 1. The van der Waals surface area contributed by atoms with Gasteiger partial charge in [-0.05, 0) is 24.3 Å². The fraction of sp³-hybridized carbons (Fsp3) is 0.0833. The first-order valence-corrected chi connectivity index (χ1v) is 4.67. The molecule has 0 atom stereocenters. The molecule has 0 saturated carbocycles. The van der Waals surface area contributed by atoms with Crippen LogP contribution in [0.4, 0.5) is 8.78 Å². The second-order valence-electron chi connectivity index (χ2n) is 3.18. The zero-order valence-electron chi connectivity index (χ0n) is 8.58. The molecule has 0 bridgehead atoms. The van der Waals surface area contributed by atoms with Crippen molar-refractivity contribution in [3.05, 3.63) is 48.2 Å². The van der Waals surface area contributed by atoms with Crippen LogP contribution in [0, 0.1) is 11.6 Å². The highest BCUT2D eigenvalue weighted by molar-refractivity contribution is 5.68. The monoisotopic (exact) mass is 221 g/mol. The van der Waals surface area contributed by atoms with Crippen LogP contribution < -0.4 is 4.74 Å². The molecule has 1 heterocycles. The first-order chi connectivity index (χ1) is 7.72. The van der Waals surface area contributed by atoms with Gasteiger partial charge in [0.15, 0.2) is 0 Å². The van der Waals surface area contributed by atoms with Crippen molar-refractivity contribution >= 4 is 0 Å². The average molecular weight is 221 g/mol. The van der Waals surface area contributed by atoms with Crippen molar-refractivity contribution in [3.8, 4) is 17.0 Å². The van der Waals surface area contributed by atoms with Gasteiger partial charge in [0.1, 0.15) is 11.6 Å². The molecule has 0 amide bonds. The molecule has 4 heteroatoms. The van der Waals surface area contributed by atoms with Crippen LogP contribution in [0.15, 0.2) is 36.5 Å². The normalized spacial score (nSPS) is 10.2. The maximum absolute atomic E-state index is 13.5. The van der Waals surface area contributed by atoms with E-state index < -0.39 is 11.6 Å². The number of methoxy groups -OCH3 is 1. The largest absolute Gasteiger partial charge is 0.481 e. The smallest absolute Gasteiger partial charge is 0.221 e. The highest BCUT2D eigenvalue weighted by atomic mass is 19.1. The summed E-state index contributed by atoms with van der Waals surface area (Å²) >= 11 is 0. The van der Waals surface area contributed by atoms with Crippen LogP contribution in [0.1, 0.15) is 0 Å². The fourth-order valence-corrected chi connectivity index (χ4v) is 1.47. The number of benzene rings is 1. The first kappa shape index (κ1) is 10.5. The van der Waals surface area contributed by atoms with Gasteiger partial charge >= 0.3 is 0 Å². The highest BCUT2D eigenvalue weighted by Crippen LogP contribution is 2.29. The molecule has 0 saturated heterocycles. The van der Waals surface area contributed by atoms with Crippen LogP contribution >= 0.6 is 0 Å². The summed E-state index contributed by atoms with van der Waals surface area (Å²) in [6.07, 6.45) is 1.55. The molecule has 1 aromatic heterocycles. The summed E-state index contributed by atoms with van der Waals surface area (Å²) in [7, 11) is 1.45. The van der Waals surface area contributed by atoms with Crippen LogP contribution in [-0.2, 0) is 0 Å². The number of nitrogens with zero attached hydrogens (tertiary/aromatic N) is 1. The number of pyridine rings is 1. The summed E-state index contributed by atoms with van der Waals surface area (Å²) in [6, 6.07) is 6.74. The third-order valence-corrected chi connectivity index (χ3v) is 2.19. The number of aromatic nitrogens is 1. The lowest BCUT2D eigenvalue weighted by atomic mass is 10.1. The molecule has 2 aromatic rings. The second-order valence-corrected chi connectivity index (χ2v) is 3.18. The van der Waals surface area contributed by atoms with Crippen molar-refractivity contribution in [2.24, 2.45) is 0 Å². The van der Waals surface area contributed by atoms with Crippen LogP contribution in [-0.4, -0.2) is 12.1 Å². The van der Waals surface area contributed by atoms with Gasteiger partial charge in [0.25, 0.3) is 0 Å². The molecule has 2 rings (SSSR count). The first-order valence-electron chi connectivity index (χ1n) is 4.67. The molecule has 0 aliphatic rings. The maximum Gasteiger partial charge on any atom is 0.221 e. The standard InChI is InChI=1S/C12H9F2NO/c1-16-12-10(3-2-6-15-12)9-5-4-8(13)7-11(9)14/h2-7H,1H3. The van der Waals surface area contributed by atoms with Crippen molar-refractivity contribution < 1.29 is 13.5 Å². The Bertz CT molecular complexity index is 514. The van der Waals surface area contributed by atoms with E-state index in [2.05, 4.69) is 4.98 Å². The van der Waals surface area contributed by atoms with Gasteiger partial charge in [-0.15, -0.1) is 0 Å². The lowest BCUT2D eigenvalue weighted by Crippen LogP contribution is -1.93. The van der Waals surface area contributed by atoms with Crippen molar-refractivity contribution in [2.45, 2.75) is 0 Å². The van der Waals surface area contributed by atoms with Gasteiger partial charge in [-0.3, -0.25) is 0 Å². The Morgan fingerprint density at radius 1 is 1.12 bits per heavy atom. The summed E-state index contributed by atoms with van der Waals surface area (Å²) in [6.45, 7) is 0. The zero-order valence-corrected chi connectivity index (χ0v) is 8.58. The average Bonchev–Trinajstić information content (AvgIpc) is 2.29. The summed E-state index contributed by atoms with van der Waals surface area (Å²) in [4.78, 5) is 3.95. The van der Waals surface area contributed by atoms with E-state index >= 15 is 0 Å². The molecule has 0 N–H and O–H groups in total. The third-order valence-electron chi connectivity index (χ3n) is 2.19. The molecule has 16 heavy (non-hydrogen) atoms. The Balaban J connectivity index is 2.58. The Hall–Kier alpha value is -1.97. The summed E-state index contributed by atoms with van der Waals surface area (Å²) in [5, 5.41) is 0. The van der Waals surface area contributed by atoms with E-state index in [0.29, 0.717) is 11.4 Å². The summed E-state index contributed by atoms with van der Waals surface area (Å²) in [5.74, 6) is -0.927.